The first-order valence-corrected chi connectivity index (χ1v) is 7.94. The van der Waals surface area contributed by atoms with E-state index in [1.54, 1.807) is 6.92 Å². The molecule has 2 saturated heterocycles. The highest BCUT2D eigenvalue weighted by Gasteiger charge is 2.41. The monoisotopic (exact) mass is 296 g/mol. The van der Waals surface area contributed by atoms with Gasteiger partial charge in [0.1, 0.15) is 5.60 Å². The van der Waals surface area contributed by atoms with E-state index in [-0.39, 0.29) is 24.7 Å². The summed E-state index contributed by atoms with van der Waals surface area (Å²) in [7, 11) is 0. The molecule has 3 heterocycles. The molecule has 2 bridgehead atoms. The molecule has 0 spiro atoms. The number of carbonyl (C=O) groups is 1. The van der Waals surface area contributed by atoms with Crippen LogP contribution >= 0.6 is 11.3 Å². The topological polar surface area (TPSA) is 70.6 Å². The molecule has 2 aliphatic rings. The van der Waals surface area contributed by atoms with E-state index in [9.17, 15) is 9.90 Å². The highest BCUT2D eigenvalue weighted by atomic mass is 32.1. The molecule has 4 unspecified atom stereocenters. The third kappa shape index (κ3) is 2.82. The van der Waals surface area contributed by atoms with E-state index in [1.165, 1.54) is 11.3 Å². The van der Waals surface area contributed by atoms with Crippen LogP contribution in [0, 0.1) is 0 Å². The maximum Gasteiger partial charge on any atom is 0.315 e. The number of hydrogen-bond donors (Lipinski definition) is 3. The molecule has 3 rings (SSSR count). The van der Waals surface area contributed by atoms with Crippen molar-refractivity contribution in [3.63, 3.8) is 0 Å². The molecule has 3 N–H and O–H groups in total. The van der Waals surface area contributed by atoms with Crippen molar-refractivity contribution < 1.29 is 14.6 Å². The van der Waals surface area contributed by atoms with Gasteiger partial charge < -0.3 is 20.5 Å². The van der Waals surface area contributed by atoms with Crippen LogP contribution in [0.4, 0.5) is 4.79 Å². The number of fused-ring (bicyclic) bond motifs is 2. The normalized spacial score (nSPS) is 31.0. The maximum absolute atomic E-state index is 11.9. The third-order valence-electron chi connectivity index (χ3n) is 4.16. The molecule has 0 saturated carbocycles. The van der Waals surface area contributed by atoms with E-state index >= 15 is 0 Å². The number of amides is 2. The summed E-state index contributed by atoms with van der Waals surface area (Å²) < 4.78 is 5.70. The van der Waals surface area contributed by atoms with Crippen LogP contribution in [0.2, 0.25) is 0 Å². The Bertz CT molecular complexity index is 475. The number of hydrogen-bond acceptors (Lipinski definition) is 4. The predicted molar refractivity (Wildman–Crippen MR) is 76.7 cm³/mol. The van der Waals surface area contributed by atoms with Crippen molar-refractivity contribution in [1.29, 1.82) is 0 Å². The van der Waals surface area contributed by atoms with Gasteiger partial charge in [0, 0.05) is 0 Å². The maximum atomic E-state index is 11.9. The summed E-state index contributed by atoms with van der Waals surface area (Å²) >= 11 is 1.53. The molecule has 0 radical (unpaired) electrons. The molecule has 1 aromatic heterocycles. The Hall–Kier alpha value is -1.11. The zero-order chi connectivity index (χ0) is 14.2. The van der Waals surface area contributed by atoms with Crippen molar-refractivity contribution in [3.05, 3.63) is 22.4 Å². The lowest BCUT2D eigenvalue weighted by molar-refractivity contribution is 0.0594. The van der Waals surface area contributed by atoms with E-state index in [4.69, 9.17) is 4.74 Å². The van der Waals surface area contributed by atoms with Crippen LogP contribution in [0.3, 0.4) is 0 Å². The van der Waals surface area contributed by atoms with Crippen molar-refractivity contribution in [3.8, 4) is 0 Å². The summed E-state index contributed by atoms with van der Waals surface area (Å²) in [6.07, 6.45) is 3.53. The molecule has 2 fully saturated rings. The van der Waals surface area contributed by atoms with E-state index in [0.29, 0.717) is 6.10 Å². The fourth-order valence-electron chi connectivity index (χ4n) is 2.93. The second kappa shape index (κ2) is 5.35. The lowest BCUT2D eigenvalue weighted by Crippen LogP contribution is -2.49. The van der Waals surface area contributed by atoms with Crippen molar-refractivity contribution in [2.45, 2.75) is 50.0 Å². The van der Waals surface area contributed by atoms with Gasteiger partial charge in [-0.3, -0.25) is 0 Å². The van der Waals surface area contributed by atoms with E-state index in [0.717, 1.165) is 24.8 Å². The highest BCUT2D eigenvalue weighted by Crippen LogP contribution is 2.34. The predicted octanol–water partition coefficient (Wildman–Crippen LogP) is 1.57. The largest absolute Gasteiger partial charge is 0.384 e. The third-order valence-corrected chi connectivity index (χ3v) is 4.84. The smallest absolute Gasteiger partial charge is 0.315 e. The Morgan fingerprint density at radius 3 is 3.05 bits per heavy atom. The van der Waals surface area contributed by atoms with Crippen molar-refractivity contribution >= 4 is 17.4 Å². The van der Waals surface area contributed by atoms with Crippen molar-refractivity contribution in [2.24, 2.45) is 0 Å². The van der Waals surface area contributed by atoms with Gasteiger partial charge in [0.25, 0.3) is 0 Å². The fraction of sp³-hybridized carbons (Fsp3) is 0.643. The number of ether oxygens (including phenoxy) is 1. The molecule has 4 atom stereocenters. The van der Waals surface area contributed by atoms with Crippen LogP contribution in [-0.4, -0.2) is 35.9 Å². The average molecular weight is 296 g/mol. The summed E-state index contributed by atoms with van der Waals surface area (Å²) in [6, 6.07) is 1.75. The first-order valence-electron chi connectivity index (χ1n) is 6.99. The van der Waals surface area contributed by atoms with Crippen LogP contribution < -0.4 is 10.6 Å². The van der Waals surface area contributed by atoms with E-state index < -0.39 is 5.60 Å². The van der Waals surface area contributed by atoms with Crippen molar-refractivity contribution in [1.82, 2.24) is 10.6 Å². The lowest BCUT2D eigenvalue weighted by Gasteiger charge is -2.25. The number of nitrogens with one attached hydrogen (secondary N) is 2. The second-order valence-electron chi connectivity index (χ2n) is 5.83. The minimum absolute atomic E-state index is 0.111. The van der Waals surface area contributed by atoms with E-state index in [2.05, 4.69) is 10.6 Å². The molecule has 0 aliphatic carbocycles. The Morgan fingerprint density at radius 1 is 1.60 bits per heavy atom. The molecule has 1 aromatic rings. The first-order chi connectivity index (χ1) is 9.54. The number of carbonyl (C=O) groups excluding carboxylic acids is 1. The van der Waals surface area contributed by atoms with Gasteiger partial charge in [-0.2, -0.15) is 11.3 Å². The molecule has 0 aromatic carbocycles. The number of urea groups is 1. The van der Waals surface area contributed by atoms with Crippen LogP contribution in [0.25, 0.3) is 0 Å². The van der Waals surface area contributed by atoms with Crippen LogP contribution in [-0.2, 0) is 10.3 Å². The second-order valence-corrected chi connectivity index (χ2v) is 6.61. The average Bonchev–Trinajstić information content (AvgIpc) is 3.13. The summed E-state index contributed by atoms with van der Waals surface area (Å²) in [4.78, 5) is 11.9. The Kier molecular flexibility index (Phi) is 3.70. The van der Waals surface area contributed by atoms with Gasteiger partial charge in [0.05, 0.1) is 24.8 Å². The summed E-state index contributed by atoms with van der Waals surface area (Å²) in [6.45, 7) is 1.90. The van der Waals surface area contributed by atoms with Crippen LogP contribution in [0.15, 0.2) is 16.8 Å². The van der Waals surface area contributed by atoms with Gasteiger partial charge in [-0.15, -0.1) is 0 Å². The van der Waals surface area contributed by atoms with Gasteiger partial charge in [-0.25, -0.2) is 4.79 Å². The van der Waals surface area contributed by atoms with E-state index in [1.807, 2.05) is 16.8 Å². The SMILES string of the molecule is CC(O)(CNC(=O)NC1CC2CCC1O2)c1ccsc1. The number of rotatable bonds is 4. The zero-order valence-electron chi connectivity index (χ0n) is 11.5. The van der Waals surface area contributed by atoms with Gasteiger partial charge >= 0.3 is 6.03 Å². The van der Waals surface area contributed by atoms with Gasteiger partial charge in [-0.05, 0) is 48.6 Å². The molecule has 6 heteroatoms. The van der Waals surface area contributed by atoms with Gasteiger partial charge in [-0.1, -0.05) is 0 Å². The van der Waals surface area contributed by atoms with Crippen molar-refractivity contribution in [2.75, 3.05) is 6.54 Å². The molecule has 2 aliphatic heterocycles. The highest BCUT2D eigenvalue weighted by molar-refractivity contribution is 7.08. The quantitative estimate of drug-likeness (QED) is 0.790. The molecule has 110 valence electrons. The first kappa shape index (κ1) is 13.9. The Labute approximate surface area is 122 Å². The summed E-state index contributed by atoms with van der Waals surface area (Å²) in [5, 5.41) is 19.8. The number of aliphatic hydroxyl groups is 1. The van der Waals surface area contributed by atoms with Gasteiger partial charge in [0.2, 0.25) is 0 Å². The Morgan fingerprint density at radius 2 is 2.45 bits per heavy atom. The van der Waals surface area contributed by atoms with Crippen LogP contribution in [0.5, 0.6) is 0 Å². The standard InChI is InChI=1S/C14H20N2O3S/c1-14(18,9-4-5-20-7-9)8-15-13(17)16-11-6-10-2-3-12(11)19-10/h4-5,7,10-12,18H,2-3,6,8H2,1H3,(H2,15,16,17). The minimum atomic E-state index is -1.04. The van der Waals surface area contributed by atoms with Crippen LogP contribution in [0.1, 0.15) is 31.7 Å². The van der Waals surface area contributed by atoms with Gasteiger partial charge in [0.15, 0.2) is 0 Å². The fourth-order valence-corrected chi connectivity index (χ4v) is 3.72. The molecular formula is C14H20N2O3S. The molecular weight excluding hydrogens is 276 g/mol. The summed E-state index contributed by atoms with van der Waals surface area (Å²) in [5.74, 6) is 0. The molecule has 20 heavy (non-hydrogen) atoms. The Balaban J connectivity index is 1.47. The lowest BCUT2D eigenvalue weighted by atomic mass is 9.96. The minimum Gasteiger partial charge on any atom is -0.384 e. The zero-order valence-corrected chi connectivity index (χ0v) is 12.3. The molecule has 2 amide bonds. The number of thiophene rings is 1. The molecule has 5 nitrogen and oxygen atoms in total. The summed E-state index contributed by atoms with van der Waals surface area (Å²) in [5.41, 5.74) is -0.214.